The van der Waals surface area contributed by atoms with Crippen LogP contribution in [-0.2, 0) is 0 Å². The summed E-state index contributed by atoms with van der Waals surface area (Å²) in [5.74, 6) is 0. The van der Waals surface area contributed by atoms with E-state index in [2.05, 4.69) is 5.32 Å². The molecule has 2 rings (SSSR count). The molecule has 0 aliphatic carbocycles. The van der Waals surface area contributed by atoms with Crippen LogP contribution in [-0.4, -0.2) is 42.3 Å². The molecule has 68 valence electrons. The lowest BCUT2D eigenvalue weighted by Gasteiger charge is -2.13. The normalized spacial score (nSPS) is 20.8. The molecule has 2 aliphatic rings. The Labute approximate surface area is 76.6 Å². The number of carboxylic acid groups (broad SMARTS) is 1. The second-order valence-electron chi connectivity index (χ2n) is 2.95. The number of hydrogen-bond donors (Lipinski definition) is 2. The number of carbonyl (C=O) groups is 1. The van der Waals surface area contributed by atoms with Crippen LogP contribution in [0.1, 0.15) is 0 Å². The molecule has 0 aromatic heterocycles. The van der Waals surface area contributed by atoms with Crippen molar-refractivity contribution in [3.05, 3.63) is 11.1 Å². The Kier molecular flexibility index (Phi) is 2.59. The molecule has 0 fully saturated rings. The number of rotatable bonds is 0. The molecule has 0 radical (unpaired) electrons. The zero-order valence-electron chi connectivity index (χ0n) is 6.54. The molecule has 2 N–H and O–H groups in total. The third-order valence-electron chi connectivity index (χ3n) is 2.21. The third kappa shape index (κ3) is 1.40. The molecule has 0 aromatic rings. The zero-order valence-corrected chi connectivity index (χ0v) is 7.36. The molecule has 2 aliphatic heterocycles. The van der Waals surface area contributed by atoms with Crippen molar-refractivity contribution < 1.29 is 9.90 Å². The molecule has 2 heterocycles. The molecule has 0 bridgehead atoms. The van der Waals surface area contributed by atoms with E-state index in [1.165, 1.54) is 16.0 Å². The van der Waals surface area contributed by atoms with E-state index in [4.69, 9.17) is 5.11 Å². The first-order chi connectivity index (χ1) is 5.27. The van der Waals surface area contributed by atoms with Gasteiger partial charge in [-0.25, -0.2) is 4.79 Å². The summed E-state index contributed by atoms with van der Waals surface area (Å²) in [5, 5.41) is 11.8. The number of hydrogen-bond acceptors (Lipinski definition) is 2. The molecular formula is C7H11ClN2O2. The Bertz CT molecular complexity index is 224. The second kappa shape index (κ2) is 3.33. The lowest BCUT2D eigenvalue weighted by Crippen LogP contribution is -2.31. The number of nitrogens with zero attached hydrogens (tertiary/aromatic N) is 1. The SMILES string of the molecule is Cl.O=C(O)N1CC2=C(CNC2)C1. The Morgan fingerprint density at radius 3 is 2.25 bits per heavy atom. The van der Waals surface area contributed by atoms with Gasteiger partial charge in [-0.3, -0.25) is 0 Å². The topological polar surface area (TPSA) is 52.6 Å². The molecule has 0 saturated heterocycles. The van der Waals surface area contributed by atoms with Crippen LogP contribution in [0.25, 0.3) is 0 Å². The number of amides is 1. The Morgan fingerprint density at radius 2 is 1.83 bits per heavy atom. The standard InChI is InChI=1S/C7H10N2O2.ClH/c10-7(11)9-3-5-1-8-2-6(5)4-9;/h8H,1-4H2,(H,10,11);1H. The largest absolute Gasteiger partial charge is 0.465 e. The number of nitrogens with one attached hydrogen (secondary N) is 1. The van der Waals surface area contributed by atoms with E-state index in [1.54, 1.807) is 0 Å². The molecule has 0 atom stereocenters. The maximum Gasteiger partial charge on any atom is 0.407 e. The quantitative estimate of drug-likeness (QED) is 0.541. The molecule has 0 aromatic carbocycles. The van der Waals surface area contributed by atoms with Crippen molar-refractivity contribution in [2.45, 2.75) is 0 Å². The summed E-state index contributed by atoms with van der Waals surface area (Å²) in [4.78, 5) is 12.0. The predicted octanol–water partition coefficient (Wildman–Crippen LogP) is 0.302. The monoisotopic (exact) mass is 190 g/mol. The molecular weight excluding hydrogens is 180 g/mol. The average molecular weight is 191 g/mol. The van der Waals surface area contributed by atoms with Crippen LogP contribution in [0.2, 0.25) is 0 Å². The highest BCUT2D eigenvalue weighted by Gasteiger charge is 2.27. The van der Waals surface area contributed by atoms with Gasteiger partial charge in [0.1, 0.15) is 0 Å². The lowest BCUT2D eigenvalue weighted by atomic mass is 10.2. The highest BCUT2D eigenvalue weighted by atomic mass is 35.5. The summed E-state index contributed by atoms with van der Waals surface area (Å²) in [5.41, 5.74) is 2.54. The van der Waals surface area contributed by atoms with E-state index in [0.29, 0.717) is 13.1 Å². The van der Waals surface area contributed by atoms with E-state index in [-0.39, 0.29) is 12.4 Å². The second-order valence-corrected chi connectivity index (χ2v) is 2.95. The number of halogens is 1. The van der Waals surface area contributed by atoms with Gasteiger partial charge in [0.05, 0.1) is 0 Å². The molecule has 0 spiro atoms. The van der Waals surface area contributed by atoms with Crippen molar-refractivity contribution >= 4 is 18.5 Å². The van der Waals surface area contributed by atoms with Crippen molar-refractivity contribution in [2.24, 2.45) is 0 Å². The van der Waals surface area contributed by atoms with Crippen molar-refractivity contribution in [3.8, 4) is 0 Å². The van der Waals surface area contributed by atoms with Crippen molar-refractivity contribution in [1.29, 1.82) is 0 Å². The summed E-state index contributed by atoms with van der Waals surface area (Å²) in [6.45, 7) is 2.97. The maximum atomic E-state index is 10.5. The van der Waals surface area contributed by atoms with E-state index in [9.17, 15) is 4.79 Å². The minimum Gasteiger partial charge on any atom is -0.465 e. The Morgan fingerprint density at radius 1 is 1.33 bits per heavy atom. The fraction of sp³-hybridized carbons (Fsp3) is 0.571. The average Bonchev–Trinajstić information content (AvgIpc) is 2.40. The van der Waals surface area contributed by atoms with Gasteiger partial charge in [0, 0.05) is 26.2 Å². The minimum absolute atomic E-state index is 0. The molecule has 5 heteroatoms. The van der Waals surface area contributed by atoms with Gasteiger partial charge in [0.15, 0.2) is 0 Å². The summed E-state index contributed by atoms with van der Waals surface area (Å²) in [7, 11) is 0. The highest BCUT2D eigenvalue weighted by Crippen LogP contribution is 2.19. The van der Waals surface area contributed by atoms with Crippen molar-refractivity contribution in [2.75, 3.05) is 26.2 Å². The van der Waals surface area contributed by atoms with Crippen molar-refractivity contribution in [1.82, 2.24) is 10.2 Å². The predicted molar refractivity (Wildman–Crippen MR) is 46.7 cm³/mol. The summed E-state index contributed by atoms with van der Waals surface area (Å²) in [6, 6.07) is 0. The first-order valence-corrected chi connectivity index (χ1v) is 3.66. The van der Waals surface area contributed by atoms with E-state index < -0.39 is 6.09 Å². The van der Waals surface area contributed by atoms with E-state index in [0.717, 1.165) is 13.1 Å². The van der Waals surface area contributed by atoms with Crippen LogP contribution in [0, 0.1) is 0 Å². The molecule has 12 heavy (non-hydrogen) atoms. The maximum absolute atomic E-state index is 10.5. The van der Waals surface area contributed by atoms with Crippen LogP contribution in [0.15, 0.2) is 11.1 Å². The highest BCUT2D eigenvalue weighted by molar-refractivity contribution is 5.85. The lowest BCUT2D eigenvalue weighted by molar-refractivity contribution is 0.156. The first kappa shape index (κ1) is 9.35. The smallest absolute Gasteiger partial charge is 0.407 e. The fourth-order valence-corrected chi connectivity index (χ4v) is 1.60. The van der Waals surface area contributed by atoms with Crippen LogP contribution < -0.4 is 5.32 Å². The summed E-state index contributed by atoms with van der Waals surface area (Å²) < 4.78 is 0. The van der Waals surface area contributed by atoms with Gasteiger partial charge in [0.2, 0.25) is 0 Å². The van der Waals surface area contributed by atoms with E-state index >= 15 is 0 Å². The van der Waals surface area contributed by atoms with Gasteiger partial charge < -0.3 is 15.3 Å². The van der Waals surface area contributed by atoms with Crippen LogP contribution >= 0.6 is 12.4 Å². The van der Waals surface area contributed by atoms with Gasteiger partial charge in [0.25, 0.3) is 0 Å². The van der Waals surface area contributed by atoms with Crippen LogP contribution in [0.5, 0.6) is 0 Å². The summed E-state index contributed by atoms with van der Waals surface area (Å²) in [6.07, 6.45) is -0.806. The third-order valence-corrected chi connectivity index (χ3v) is 2.21. The molecule has 0 saturated carbocycles. The molecule has 0 unspecified atom stereocenters. The van der Waals surface area contributed by atoms with Gasteiger partial charge in [-0.15, -0.1) is 12.4 Å². The molecule has 4 nitrogen and oxygen atoms in total. The Hall–Kier alpha value is -0.740. The minimum atomic E-state index is -0.806. The van der Waals surface area contributed by atoms with Crippen LogP contribution in [0.3, 0.4) is 0 Å². The fourth-order valence-electron chi connectivity index (χ4n) is 1.60. The molecule has 1 amide bonds. The van der Waals surface area contributed by atoms with Gasteiger partial charge in [-0.1, -0.05) is 0 Å². The van der Waals surface area contributed by atoms with Gasteiger partial charge in [-0.05, 0) is 11.1 Å². The zero-order chi connectivity index (χ0) is 7.84. The van der Waals surface area contributed by atoms with Crippen molar-refractivity contribution in [3.63, 3.8) is 0 Å². The Balaban J connectivity index is 0.000000720. The first-order valence-electron chi connectivity index (χ1n) is 3.66. The van der Waals surface area contributed by atoms with Gasteiger partial charge >= 0.3 is 6.09 Å². The van der Waals surface area contributed by atoms with Crippen LogP contribution in [0.4, 0.5) is 4.79 Å². The summed E-state index contributed by atoms with van der Waals surface area (Å²) >= 11 is 0. The van der Waals surface area contributed by atoms with Gasteiger partial charge in [-0.2, -0.15) is 0 Å². The van der Waals surface area contributed by atoms with E-state index in [1.807, 2.05) is 0 Å².